The molecule has 2 heterocycles. The van der Waals surface area contributed by atoms with E-state index >= 15 is 0 Å². The lowest BCUT2D eigenvalue weighted by Gasteiger charge is -2.23. The molecule has 2 amide bonds. The minimum Gasteiger partial charge on any atom is -0.296 e. The monoisotopic (exact) mass is 206 g/mol. The summed E-state index contributed by atoms with van der Waals surface area (Å²) in [7, 11) is 0. The number of aliphatic imine (C=N–C) groups is 1. The maximum atomic E-state index is 11.6. The molecule has 2 rings (SSSR count). The molecule has 4 nitrogen and oxygen atoms in total. The number of nitrogens with one attached hydrogen (secondary N) is 1. The van der Waals surface area contributed by atoms with Gasteiger partial charge in [-0.05, 0) is 17.9 Å². The molecule has 80 valence electrons. The number of dihydropyridines is 1. The van der Waals surface area contributed by atoms with Gasteiger partial charge < -0.3 is 0 Å². The highest BCUT2D eigenvalue weighted by molar-refractivity contribution is 6.03. The Morgan fingerprint density at radius 2 is 2.27 bits per heavy atom. The first-order valence-electron chi connectivity index (χ1n) is 5.22. The van der Waals surface area contributed by atoms with Crippen molar-refractivity contribution in [2.24, 2.45) is 16.8 Å². The van der Waals surface area contributed by atoms with Gasteiger partial charge in [-0.1, -0.05) is 13.0 Å². The van der Waals surface area contributed by atoms with Crippen molar-refractivity contribution in [2.75, 3.05) is 6.54 Å². The van der Waals surface area contributed by atoms with Gasteiger partial charge >= 0.3 is 0 Å². The lowest BCUT2D eigenvalue weighted by atomic mass is 9.88. The van der Waals surface area contributed by atoms with Gasteiger partial charge in [-0.15, -0.1) is 0 Å². The largest absolute Gasteiger partial charge is 0.296 e. The summed E-state index contributed by atoms with van der Waals surface area (Å²) < 4.78 is 0. The molecule has 0 aliphatic carbocycles. The Balaban J connectivity index is 2.14. The van der Waals surface area contributed by atoms with Crippen molar-refractivity contribution in [2.45, 2.75) is 19.8 Å². The average Bonchev–Trinajstić information content (AvgIpc) is 2.17. The SMILES string of the molecule is CC1C=C(C2CCC(=O)NC2=O)C=NC1. The lowest BCUT2D eigenvalue weighted by molar-refractivity contribution is -0.135. The quantitative estimate of drug-likeness (QED) is 0.641. The van der Waals surface area contributed by atoms with Crippen molar-refractivity contribution >= 4 is 18.0 Å². The summed E-state index contributed by atoms with van der Waals surface area (Å²) in [6.45, 7) is 2.86. The van der Waals surface area contributed by atoms with Crippen molar-refractivity contribution in [1.82, 2.24) is 5.32 Å². The van der Waals surface area contributed by atoms with Gasteiger partial charge in [0.15, 0.2) is 0 Å². The highest BCUT2D eigenvalue weighted by Crippen LogP contribution is 2.23. The Hall–Kier alpha value is -1.45. The standard InChI is InChI=1S/C11H14N2O2/c1-7-4-8(6-12-5-7)9-2-3-10(14)13-11(9)15/h4,6-7,9H,2-3,5H2,1H3,(H,13,14,15). The Kier molecular flexibility index (Phi) is 2.66. The van der Waals surface area contributed by atoms with E-state index in [4.69, 9.17) is 0 Å². The van der Waals surface area contributed by atoms with Crippen molar-refractivity contribution in [1.29, 1.82) is 0 Å². The molecule has 0 radical (unpaired) electrons. The average molecular weight is 206 g/mol. The van der Waals surface area contributed by atoms with E-state index in [-0.39, 0.29) is 17.7 Å². The number of rotatable bonds is 1. The highest BCUT2D eigenvalue weighted by atomic mass is 16.2. The van der Waals surface area contributed by atoms with Crippen molar-refractivity contribution in [3.8, 4) is 0 Å². The second-order valence-corrected chi connectivity index (χ2v) is 4.14. The van der Waals surface area contributed by atoms with Gasteiger partial charge in [-0.3, -0.25) is 19.9 Å². The number of amides is 2. The van der Waals surface area contributed by atoms with Crippen LogP contribution >= 0.6 is 0 Å². The van der Waals surface area contributed by atoms with Crippen LogP contribution in [0.25, 0.3) is 0 Å². The smallest absolute Gasteiger partial charge is 0.234 e. The fourth-order valence-corrected chi connectivity index (χ4v) is 1.97. The molecule has 2 aliphatic heterocycles. The number of nitrogens with zero attached hydrogens (tertiary/aromatic N) is 1. The van der Waals surface area contributed by atoms with E-state index in [1.54, 1.807) is 6.21 Å². The molecule has 15 heavy (non-hydrogen) atoms. The van der Waals surface area contributed by atoms with E-state index in [9.17, 15) is 9.59 Å². The summed E-state index contributed by atoms with van der Waals surface area (Å²) in [5.41, 5.74) is 0.957. The second-order valence-electron chi connectivity index (χ2n) is 4.14. The van der Waals surface area contributed by atoms with E-state index in [0.29, 0.717) is 18.8 Å². The zero-order valence-corrected chi connectivity index (χ0v) is 8.69. The van der Waals surface area contributed by atoms with Crippen LogP contribution in [0.4, 0.5) is 0 Å². The summed E-state index contributed by atoms with van der Waals surface area (Å²) in [6, 6.07) is 0. The first-order chi connectivity index (χ1) is 7.16. The van der Waals surface area contributed by atoms with Crippen LogP contribution < -0.4 is 5.32 Å². The molecule has 1 N–H and O–H groups in total. The Labute approximate surface area is 88.5 Å². The number of carbonyl (C=O) groups excluding carboxylic acids is 2. The minimum absolute atomic E-state index is 0.169. The lowest BCUT2D eigenvalue weighted by Crippen LogP contribution is -2.41. The van der Waals surface area contributed by atoms with Gasteiger partial charge in [0.2, 0.25) is 11.8 Å². The predicted molar refractivity (Wildman–Crippen MR) is 56.5 cm³/mol. The van der Waals surface area contributed by atoms with Crippen LogP contribution in [-0.4, -0.2) is 24.6 Å². The van der Waals surface area contributed by atoms with Gasteiger partial charge in [-0.25, -0.2) is 0 Å². The van der Waals surface area contributed by atoms with Crippen LogP contribution in [0, 0.1) is 11.8 Å². The van der Waals surface area contributed by atoms with Crippen LogP contribution in [0.1, 0.15) is 19.8 Å². The third-order valence-corrected chi connectivity index (χ3v) is 2.75. The molecule has 0 saturated carbocycles. The molecule has 2 unspecified atom stereocenters. The van der Waals surface area contributed by atoms with Crippen molar-refractivity contribution < 1.29 is 9.59 Å². The van der Waals surface area contributed by atoms with Gasteiger partial charge in [0, 0.05) is 19.2 Å². The Morgan fingerprint density at radius 3 is 2.93 bits per heavy atom. The summed E-state index contributed by atoms with van der Waals surface area (Å²) in [5, 5.41) is 2.36. The molecule has 0 aromatic heterocycles. The summed E-state index contributed by atoms with van der Waals surface area (Å²) in [6.07, 6.45) is 4.87. The molecule has 0 aromatic carbocycles. The van der Waals surface area contributed by atoms with E-state index in [1.807, 2.05) is 0 Å². The van der Waals surface area contributed by atoms with Crippen LogP contribution in [-0.2, 0) is 9.59 Å². The van der Waals surface area contributed by atoms with Gasteiger partial charge in [0.25, 0.3) is 0 Å². The summed E-state index contributed by atoms with van der Waals surface area (Å²) in [4.78, 5) is 26.8. The molecule has 2 aliphatic rings. The third-order valence-electron chi connectivity index (χ3n) is 2.75. The number of hydrogen-bond acceptors (Lipinski definition) is 3. The van der Waals surface area contributed by atoms with Crippen molar-refractivity contribution in [3.05, 3.63) is 11.6 Å². The van der Waals surface area contributed by atoms with Gasteiger partial charge in [0.1, 0.15) is 0 Å². The molecule has 2 atom stereocenters. The summed E-state index contributed by atoms with van der Waals surface area (Å²) in [5.74, 6) is -0.152. The summed E-state index contributed by atoms with van der Waals surface area (Å²) >= 11 is 0. The van der Waals surface area contributed by atoms with Crippen molar-refractivity contribution in [3.63, 3.8) is 0 Å². The minimum atomic E-state index is -0.186. The zero-order chi connectivity index (χ0) is 10.8. The molecular weight excluding hydrogens is 192 g/mol. The number of piperidine rings is 1. The van der Waals surface area contributed by atoms with Crippen LogP contribution in [0.5, 0.6) is 0 Å². The van der Waals surface area contributed by atoms with E-state index in [0.717, 1.165) is 12.1 Å². The molecule has 4 heteroatoms. The number of imide groups is 1. The first kappa shape index (κ1) is 10.1. The predicted octanol–water partition coefficient (Wildman–Crippen LogP) is 0.686. The van der Waals surface area contributed by atoms with Crippen LogP contribution in [0.15, 0.2) is 16.6 Å². The van der Waals surface area contributed by atoms with E-state index < -0.39 is 0 Å². The molecule has 0 bridgehead atoms. The normalized spacial score (nSPS) is 31.1. The zero-order valence-electron chi connectivity index (χ0n) is 8.69. The van der Waals surface area contributed by atoms with Crippen LogP contribution in [0.2, 0.25) is 0 Å². The second kappa shape index (κ2) is 3.96. The fraction of sp³-hybridized carbons (Fsp3) is 0.545. The van der Waals surface area contributed by atoms with Gasteiger partial charge in [-0.2, -0.15) is 0 Å². The number of carbonyl (C=O) groups is 2. The molecule has 1 fully saturated rings. The molecule has 0 aromatic rings. The maximum Gasteiger partial charge on any atom is 0.234 e. The third kappa shape index (κ3) is 2.14. The first-order valence-corrected chi connectivity index (χ1v) is 5.22. The topological polar surface area (TPSA) is 58.5 Å². The van der Waals surface area contributed by atoms with Gasteiger partial charge in [0.05, 0.1) is 5.92 Å². The van der Waals surface area contributed by atoms with E-state index in [1.165, 1.54) is 0 Å². The molecule has 1 saturated heterocycles. The fourth-order valence-electron chi connectivity index (χ4n) is 1.97. The highest BCUT2D eigenvalue weighted by Gasteiger charge is 2.29. The Morgan fingerprint density at radius 1 is 1.47 bits per heavy atom. The molecular formula is C11H14N2O2. The molecule has 0 spiro atoms. The van der Waals surface area contributed by atoms with Crippen LogP contribution in [0.3, 0.4) is 0 Å². The number of hydrogen-bond donors (Lipinski definition) is 1. The Bertz CT molecular complexity index is 358. The van der Waals surface area contributed by atoms with E-state index in [2.05, 4.69) is 23.3 Å². The maximum absolute atomic E-state index is 11.6.